The van der Waals surface area contributed by atoms with Crippen LogP contribution < -0.4 is 19.7 Å². The molecule has 0 aliphatic carbocycles. The molecule has 0 aromatic heterocycles. The van der Waals surface area contributed by atoms with Crippen LogP contribution in [0.5, 0.6) is 11.5 Å². The molecule has 0 spiro atoms. The van der Waals surface area contributed by atoms with E-state index in [4.69, 9.17) is 14.2 Å². The van der Waals surface area contributed by atoms with Gasteiger partial charge < -0.3 is 24.4 Å². The Morgan fingerprint density at radius 3 is 2.74 bits per heavy atom. The number of anilines is 1. The molecule has 1 unspecified atom stereocenters. The minimum Gasteiger partial charge on any atom is -0.486 e. The zero-order chi connectivity index (χ0) is 24.8. The Balaban J connectivity index is 1.28. The summed E-state index contributed by atoms with van der Waals surface area (Å²) in [5, 5.41) is 14.4. The summed E-state index contributed by atoms with van der Waals surface area (Å²) < 4.78 is 16.1. The number of nitrogens with one attached hydrogen (secondary N) is 1. The number of amides is 1. The highest BCUT2D eigenvalue weighted by Crippen LogP contribution is 2.33. The average molecular weight is 484 g/mol. The molecule has 1 fully saturated rings. The van der Waals surface area contributed by atoms with Crippen molar-refractivity contribution in [2.24, 2.45) is 5.92 Å². The first-order valence-electron chi connectivity index (χ1n) is 11.8. The van der Waals surface area contributed by atoms with Crippen molar-refractivity contribution in [2.75, 3.05) is 44.4 Å². The Morgan fingerprint density at radius 2 is 1.97 bits per heavy atom. The van der Waals surface area contributed by atoms with Gasteiger partial charge in [0, 0.05) is 25.7 Å². The van der Waals surface area contributed by atoms with E-state index in [2.05, 4.69) is 12.2 Å². The van der Waals surface area contributed by atoms with E-state index < -0.39 is 23.4 Å². The van der Waals surface area contributed by atoms with Crippen LogP contribution in [0.4, 0.5) is 11.4 Å². The molecule has 2 aliphatic rings. The topological polar surface area (TPSA) is 120 Å². The molecular formula is C25H29N3O7. The fourth-order valence-corrected chi connectivity index (χ4v) is 4.33. The van der Waals surface area contributed by atoms with Crippen molar-refractivity contribution in [3.05, 3.63) is 57.6 Å². The van der Waals surface area contributed by atoms with Gasteiger partial charge in [-0.15, -0.1) is 0 Å². The normalized spacial score (nSPS) is 16.9. The van der Waals surface area contributed by atoms with Crippen LogP contribution in [0.2, 0.25) is 0 Å². The number of ether oxygens (including phenoxy) is 3. The van der Waals surface area contributed by atoms with Gasteiger partial charge in [-0.3, -0.25) is 14.9 Å². The summed E-state index contributed by atoms with van der Waals surface area (Å²) >= 11 is 0. The minimum absolute atomic E-state index is 0.0367. The summed E-state index contributed by atoms with van der Waals surface area (Å²) in [7, 11) is 0. The van der Waals surface area contributed by atoms with E-state index in [1.165, 1.54) is 12.1 Å². The highest BCUT2D eigenvalue weighted by molar-refractivity contribution is 5.93. The molecular weight excluding hydrogens is 454 g/mol. The van der Waals surface area contributed by atoms with Gasteiger partial charge in [0.2, 0.25) is 0 Å². The lowest BCUT2D eigenvalue weighted by molar-refractivity contribution is -0.384. The maximum Gasteiger partial charge on any atom is 0.338 e. The number of nitro benzene ring substituents is 1. The molecule has 1 amide bonds. The number of nitrogens with zero attached hydrogens (tertiary/aromatic N) is 2. The van der Waals surface area contributed by atoms with Gasteiger partial charge in [-0.1, -0.05) is 13.0 Å². The maximum absolute atomic E-state index is 12.4. The lowest BCUT2D eigenvalue weighted by Crippen LogP contribution is -2.34. The van der Waals surface area contributed by atoms with Crippen molar-refractivity contribution in [1.29, 1.82) is 0 Å². The van der Waals surface area contributed by atoms with Gasteiger partial charge in [0.25, 0.3) is 11.6 Å². The van der Waals surface area contributed by atoms with Gasteiger partial charge >= 0.3 is 5.97 Å². The standard InChI is InChI=1S/C25H29N3O7/c1-17-3-2-10-27(15-17)20-6-5-19(14-21(20)28(31)32)25(30)35-16-24(29)26-9-8-18-4-7-22-23(13-18)34-12-11-33-22/h4-7,13-14,17H,2-3,8-12,15-16H2,1H3,(H,26,29). The SMILES string of the molecule is CC1CCCN(c2ccc(C(=O)OCC(=O)NCCc3ccc4c(c3)OCCO4)cc2[N+](=O)[O-])C1. The second-order valence-electron chi connectivity index (χ2n) is 8.81. The molecule has 1 atom stereocenters. The zero-order valence-electron chi connectivity index (χ0n) is 19.7. The minimum atomic E-state index is -0.784. The molecule has 0 saturated carbocycles. The van der Waals surface area contributed by atoms with Crippen molar-refractivity contribution in [1.82, 2.24) is 5.32 Å². The van der Waals surface area contributed by atoms with Gasteiger partial charge in [0.1, 0.15) is 18.9 Å². The van der Waals surface area contributed by atoms with E-state index in [1.807, 2.05) is 23.1 Å². The first-order valence-corrected chi connectivity index (χ1v) is 11.8. The van der Waals surface area contributed by atoms with Crippen molar-refractivity contribution in [2.45, 2.75) is 26.2 Å². The molecule has 0 bridgehead atoms. The fourth-order valence-electron chi connectivity index (χ4n) is 4.33. The summed E-state index contributed by atoms with van der Waals surface area (Å²) in [5.41, 5.74) is 1.36. The highest BCUT2D eigenvalue weighted by atomic mass is 16.6. The van der Waals surface area contributed by atoms with Crippen LogP contribution in [0.1, 0.15) is 35.7 Å². The number of rotatable bonds is 8. The average Bonchev–Trinajstić information content (AvgIpc) is 2.86. The third-order valence-corrected chi connectivity index (χ3v) is 6.08. The Bertz CT molecular complexity index is 1100. The predicted molar refractivity (Wildman–Crippen MR) is 128 cm³/mol. The molecule has 2 aromatic rings. The summed E-state index contributed by atoms with van der Waals surface area (Å²) in [5.74, 6) is 0.595. The summed E-state index contributed by atoms with van der Waals surface area (Å²) in [6.07, 6.45) is 2.62. The fraction of sp³-hybridized carbons (Fsp3) is 0.440. The molecule has 1 saturated heterocycles. The highest BCUT2D eigenvalue weighted by Gasteiger charge is 2.25. The van der Waals surface area contributed by atoms with E-state index >= 15 is 0 Å². The molecule has 186 valence electrons. The van der Waals surface area contributed by atoms with Gasteiger partial charge in [0.15, 0.2) is 18.1 Å². The number of carbonyl (C=O) groups excluding carboxylic acids is 2. The molecule has 2 aromatic carbocycles. The third-order valence-electron chi connectivity index (χ3n) is 6.08. The van der Waals surface area contributed by atoms with Crippen molar-refractivity contribution >= 4 is 23.3 Å². The van der Waals surface area contributed by atoms with Crippen LogP contribution in [-0.4, -0.2) is 56.3 Å². The first kappa shape index (κ1) is 24.3. The van der Waals surface area contributed by atoms with Crippen LogP contribution >= 0.6 is 0 Å². The molecule has 2 heterocycles. The Hall–Kier alpha value is -3.82. The van der Waals surface area contributed by atoms with Crippen LogP contribution in [-0.2, 0) is 16.0 Å². The molecule has 0 radical (unpaired) electrons. The lowest BCUT2D eigenvalue weighted by Gasteiger charge is -2.32. The number of nitro groups is 1. The number of benzene rings is 2. The second kappa shape index (κ2) is 11.1. The molecule has 1 N–H and O–H groups in total. The van der Waals surface area contributed by atoms with E-state index in [9.17, 15) is 19.7 Å². The molecule has 10 heteroatoms. The maximum atomic E-state index is 12.4. The smallest absolute Gasteiger partial charge is 0.338 e. The largest absolute Gasteiger partial charge is 0.486 e. The van der Waals surface area contributed by atoms with E-state index in [0.717, 1.165) is 31.5 Å². The molecule has 4 rings (SSSR count). The van der Waals surface area contributed by atoms with Crippen LogP contribution in [0.15, 0.2) is 36.4 Å². The van der Waals surface area contributed by atoms with Crippen LogP contribution in [0.25, 0.3) is 0 Å². The number of esters is 1. The monoisotopic (exact) mass is 483 g/mol. The van der Waals surface area contributed by atoms with E-state index in [-0.39, 0.29) is 11.3 Å². The lowest BCUT2D eigenvalue weighted by atomic mass is 9.99. The zero-order valence-corrected chi connectivity index (χ0v) is 19.7. The van der Waals surface area contributed by atoms with Crippen LogP contribution in [0, 0.1) is 16.0 Å². The van der Waals surface area contributed by atoms with Gasteiger partial charge in [-0.05, 0) is 55.0 Å². The Kier molecular flexibility index (Phi) is 7.69. The van der Waals surface area contributed by atoms with Gasteiger partial charge in [-0.2, -0.15) is 0 Å². The summed E-state index contributed by atoms with van der Waals surface area (Å²) in [4.78, 5) is 37.7. The van der Waals surface area contributed by atoms with Gasteiger partial charge in [-0.25, -0.2) is 4.79 Å². The number of hydrogen-bond donors (Lipinski definition) is 1. The molecule has 10 nitrogen and oxygen atoms in total. The number of hydrogen-bond acceptors (Lipinski definition) is 8. The summed E-state index contributed by atoms with van der Waals surface area (Å²) in [6.45, 7) is 4.49. The van der Waals surface area contributed by atoms with Crippen molar-refractivity contribution in [3.8, 4) is 11.5 Å². The predicted octanol–water partition coefficient (Wildman–Crippen LogP) is 3.12. The van der Waals surface area contributed by atoms with Crippen molar-refractivity contribution < 1.29 is 28.7 Å². The summed E-state index contributed by atoms with van der Waals surface area (Å²) in [6, 6.07) is 9.92. The van der Waals surface area contributed by atoms with E-state index in [0.29, 0.717) is 49.3 Å². The Morgan fingerprint density at radius 1 is 1.17 bits per heavy atom. The number of carbonyl (C=O) groups is 2. The van der Waals surface area contributed by atoms with E-state index in [1.54, 1.807) is 6.07 Å². The van der Waals surface area contributed by atoms with Crippen molar-refractivity contribution in [3.63, 3.8) is 0 Å². The van der Waals surface area contributed by atoms with Gasteiger partial charge in [0.05, 0.1) is 10.5 Å². The first-order chi connectivity index (χ1) is 16.9. The molecule has 35 heavy (non-hydrogen) atoms. The third kappa shape index (κ3) is 6.20. The quantitative estimate of drug-likeness (QED) is 0.345. The second-order valence-corrected chi connectivity index (χ2v) is 8.81. The molecule has 2 aliphatic heterocycles. The van der Waals surface area contributed by atoms with Crippen LogP contribution in [0.3, 0.4) is 0 Å². The number of piperidine rings is 1. The number of fused-ring (bicyclic) bond motifs is 1. The Labute approximate surface area is 203 Å².